The largest absolute Gasteiger partial charge is 0.289 e. The number of carbonyl (C=O) groups is 1. The molecule has 0 aliphatic heterocycles. The second kappa shape index (κ2) is 6.29. The minimum Gasteiger partial charge on any atom is -0.289 e. The minimum atomic E-state index is -3.32. The zero-order chi connectivity index (χ0) is 15.6. The Balaban J connectivity index is 2.30. The third kappa shape index (κ3) is 4.39. The Morgan fingerprint density at radius 1 is 1.05 bits per heavy atom. The molecular formula is C14H11Br2NO3S. The predicted octanol–water partition coefficient (Wildman–Crippen LogP) is 3.81. The third-order valence-electron chi connectivity index (χ3n) is 2.62. The standard InChI is InChI=1S/C14H11Br2NO3S/c1-21(19,20)17-11-5-2-9(3-6-11)14(18)12-8-10(15)4-7-13(12)16/h2-8,17H,1H3. The van der Waals surface area contributed by atoms with Gasteiger partial charge >= 0.3 is 0 Å². The fourth-order valence-corrected chi connectivity index (χ4v) is 3.08. The van der Waals surface area contributed by atoms with Crippen molar-refractivity contribution in [3.63, 3.8) is 0 Å². The Bertz CT molecular complexity index is 786. The number of rotatable bonds is 4. The molecule has 0 amide bonds. The molecule has 7 heteroatoms. The highest BCUT2D eigenvalue weighted by Crippen LogP contribution is 2.24. The lowest BCUT2D eigenvalue weighted by atomic mass is 10.0. The lowest BCUT2D eigenvalue weighted by Crippen LogP contribution is -2.09. The van der Waals surface area contributed by atoms with E-state index in [0.717, 1.165) is 10.7 Å². The van der Waals surface area contributed by atoms with E-state index in [1.165, 1.54) is 0 Å². The van der Waals surface area contributed by atoms with Crippen LogP contribution in [0.4, 0.5) is 5.69 Å². The molecule has 0 atom stereocenters. The highest BCUT2D eigenvalue weighted by Gasteiger charge is 2.13. The molecule has 0 aliphatic rings. The van der Waals surface area contributed by atoms with Crippen LogP contribution in [0.3, 0.4) is 0 Å². The van der Waals surface area contributed by atoms with Gasteiger partial charge in [-0.1, -0.05) is 31.9 Å². The molecule has 0 saturated heterocycles. The van der Waals surface area contributed by atoms with Crippen LogP contribution in [0.15, 0.2) is 51.4 Å². The van der Waals surface area contributed by atoms with Gasteiger partial charge in [0.05, 0.1) is 6.26 Å². The summed E-state index contributed by atoms with van der Waals surface area (Å²) >= 11 is 6.68. The van der Waals surface area contributed by atoms with Gasteiger partial charge in [-0.3, -0.25) is 9.52 Å². The summed E-state index contributed by atoms with van der Waals surface area (Å²) in [5.74, 6) is -0.144. The topological polar surface area (TPSA) is 63.2 Å². The normalized spacial score (nSPS) is 11.2. The Labute approximate surface area is 139 Å². The second-order valence-corrected chi connectivity index (χ2v) is 7.92. The number of nitrogens with one attached hydrogen (secondary N) is 1. The monoisotopic (exact) mass is 431 g/mol. The van der Waals surface area contributed by atoms with Crippen molar-refractivity contribution in [3.8, 4) is 0 Å². The van der Waals surface area contributed by atoms with E-state index < -0.39 is 10.0 Å². The maximum absolute atomic E-state index is 12.4. The molecule has 4 nitrogen and oxygen atoms in total. The van der Waals surface area contributed by atoms with Crippen molar-refractivity contribution < 1.29 is 13.2 Å². The van der Waals surface area contributed by atoms with Gasteiger partial charge < -0.3 is 0 Å². The third-order valence-corrected chi connectivity index (χ3v) is 4.41. The molecule has 0 unspecified atom stereocenters. The number of hydrogen-bond acceptors (Lipinski definition) is 3. The van der Waals surface area contributed by atoms with Crippen LogP contribution in [0.2, 0.25) is 0 Å². The summed E-state index contributed by atoms with van der Waals surface area (Å²) in [5.41, 5.74) is 1.43. The second-order valence-electron chi connectivity index (χ2n) is 4.40. The lowest BCUT2D eigenvalue weighted by molar-refractivity contribution is 0.103. The number of anilines is 1. The number of halogens is 2. The molecule has 21 heavy (non-hydrogen) atoms. The number of sulfonamides is 1. The molecule has 110 valence electrons. The van der Waals surface area contributed by atoms with E-state index in [-0.39, 0.29) is 5.78 Å². The van der Waals surface area contributed by atoms with Crippen LogP contribution in [-0.2, 0) is 10.0 Å². The van der Waals surface area contributed by atoms with Crippen molar-refractivity contribution >= 4 is 53.4 Å². The van der Waals surface area contributed by atoms with Crippen LogP contribution >= 0.6 is 31.9 Å². The molecule has 0 aromatic heterocycles. The lowest BCUT2D eigenvalue weighted by Gasteiger charge is -2.07. The highest BCUT2D eigenvalue weighted by molar-refractivity contribution is 9.11. The van der Waals surface area contributed by atoms with Gasteiger partial charge in [-0.05, 0) is 42.5 Å². The van der Waals surface area contributed by atoms with Crippen LogP contribution in [0.5, 0.6) is 0 Å². The molecule has 0 bridgehead atoms. The first-order valence-electron chi connectivity index (χ1n) is 5.84. The van der Waals surface area contributed by atoms with Crippen molar-refractivity contribution in [2.45, 2.75) is 0 Å². The van der Waals surface area contributed by atoms with Gasteiger partial charge in [-0.15, -0.1) is 0 Å². The molecule has 0 heterocycles. The van der Waals surface area contributed by atoms with E-state index in [4.69, 9.17) is 0 Å². The van der Waals surface area contributed by atoms with Gasteiger partial charge in [-0.2, -0.15) is 0 Å². The first-order valence-corrected chi connectivity index (χ1v) is 9.31. The van der Waals surface area contributed by atoms with Gasteiger partial charge in [0.15, 0.2) is 5.78 Å². The number of hydrogen-bond donors (Lipinski definition) is 1. The number of carbonyl (C=O) groups excluding carboxylic acids is 1. The molecule has 2 aromatic carbocycles. The van der Waals surface area contributed by atoms with Crippen molar-refractivity contribution in [1.29, 1.82) is 0 Å². The van der Waals surface area contributed by atoms with Gasteiger partial charge in [0.2, 0.25) is 10.0 Å². The summed E-state index contributed by atoms with van der Waals surface area (Å²) in [4.78, 5) is 12.4. The van der Waals surface area contributed by atoms with E-state index in [1.807, 2.05) is 6.07 Å². The Kier molecular flexibility index (Phi) is 4.85. The quantitative estimate of drug-likeness (QED) is 0.747. The van der Waals surface area contributed by atoms with Crippen LogP contribution in [0.1, 0.15) is 15.9 Å². The Morgan fingerprint density at radius 3 is 2.24 bits per heavy atom. The van der Waals surface area contributed by atoms with E-state index in [9.17, 15) is 13.2 Å². The summed E-state index contributed by atoms with van der Waals surface area (Å²) in [5, 5.41) is 0. The number of ketones is 1. The molecule has 0 saturated carbocycles. The molecule has 0 fully saturated rings. The first-order chi connectivity index (χ1) is 9.76. The van der Waals surface area contributed by atoms with Crippen molar-refractivity contribution in [1.82, 2.24) is 0 Å². The zero-order valence-electron chi connectivity index (χ0n) is 10.9. The zero-order valence-corrected chi connectivity index (χ0v) is 14.9. The van der Waals surface area contributed by atoms with Gasteiger partial charge in [0.25, 0.3) is 0 Å². The maximum atomic E-state index is 12.4. The van der Waals surface area contributed by atoms with E-state index >= 15 is 0 Å². The van der Waals surface area contributed by atoms with Gasteiger partial charge in [0.1, 0.15) is 0 Å². The molecule has 0 aliphatic carbocycles. The molecule has 1 N–H and O–H groups in total. The maximum Gasteiger partial charge on any atom is 0.229 e. The average molecular weight is 433 g/mol. The summed E-state index contributed by atoms with van der Waals surface area (Å²) in [7, 11) is -3.32. The van der Waals surface area contributed by atoms with Crippen LogP contribution < -0.4 is 4.72 Å². The predicted molar refractivity (Wildman–Crippen MR) is 90.2 cm³/mol. The summed E-state index contributed by atoms with van der Waals surface area (Å²) < 4.78 is 26.1. The average Bonchev–Trinajstić information content (AvgIpc) is 2.40. The van der Waals surface area contributed by atoms with Crippen molar-refractivity contribution in [2.24, 2.45) is 0 Å². The molecular weight excluding hydrogens is 422 g/mol. The van der Waals surface area contributed by atoms with Crippen LogP contribution in [0, 0.1) is 0 Å². The minimum absolute atomic E-state index is 0.144. The summed E-state index contributed by atoms with van der Waals surface area (Å²) in [6.07, 6.45) is 1.07. The Morgan fingerprint density at radius 2 is 1.67 bits per heavy atom. The summed E-state index contributed by atoms with van der Waals surface area (Å²) in [6.45, 7) is 0. The van der Waals surface area contributed by atoms with Crippen molar-refractivity contribution in [2.75, 3.05) is 11.0 Å². The van der Waals surface area contributed by atoms with Gasteiger partial charge in [-0.25, -0.2) is 8.42 Å². The van der Waals surface area contributed by atoms with Crippen LogP contribution in [-0.4, -0.2) is 20.5 Å². The smallest absolute Gasteiger partial charge is 0.229 e. The molecule has 2 rings (SSSR count). The van der Waals surface area contributed by atoms with Crippen molar-refractivity contribution in [3.05, 3.63) is 62.5 Å². The van der Waals surface area contributed by atoms with E-state index in [0.29, 0.717) is 21.3 Å². The SMILES string of the molecule is CS(=O)(=O)Nc1ccc(C(=O)c2cc(Br)ccc2Br)cc1. The van der Waals surface area contributed by atoms with Gasteiger partial charge in [0, 0.05) is 25.8 Å². The van der Waals surface area contributed by atoms with Crippen LogP contribution in [0.25, 0.3) is 0 Å². The first kappa shape index (κ1) is 16.2. The van der Waals surface area contributed by atoms with E-state index in [2.05, 4.69) is 36.6 Å². The number of benzene rings is 2. The van der Waals surface area contributed by atoms with E-state index in [1.54, 1.807) is 36.4 Å². The molecule has 2 aromatic rings. The Hall–Kier alpha value is -1.18. The summed E-state index contributed by atoms with van der Waals surface area (Å²) in [6, 6.07) is 11.6. The molecule has 0 spiro atoms. The fraction of sp³-hybridized carbons (Fsp3) is 0.0714. The highest BCUT2D eigenvalue weighted by atomic mass is 79.9. The fourth-order valence-electron chi connectivity index (χ4n) is 1.73. The molecule has 0 radical (unpaired) electrons.